The summed E-state index contributed by atoms with van der Waals surface area (Å²) < 4.78 is 1.26. The lowest BCUT2D eigenvalue weighted by Crippen LogP contribution is -1.87. The third-order valence-electron chi connectivity index (χ3n) is 2.67. The third kappa shape index (κ3) is 2.13. The zero-order valence-electron chi connectivity index (χ0n) is 8.76. The number of thiophene rings is 2. The Kier molecular flexibility index (Phi) is 3.17. The van der Waals surface area contributed by atoms with E-state index >= 15 is 0 Å². The highest BCUT2D eigenvalue weighted by Gasteiger charge is 2.15. The van der Waals surface area contributed by atoms with Gasteiger partial charge in [-0.1, -0.05) is 17.7 Å². The molecule has 0 aliphatic rings. The van der Waals surface area contributed by atoms with Crippen molar-refractivity contribution in [2.24, 2.45) is 0 Å². The molecule has 0 radical (unpaired) electrons. The SMILES string of the molecule is SC(c1cccs1)c1csc2ccc(Cl)cc12. The van der Waals surface area contributed by atoms with Crippen LogP contribution in [0.1, 0.15) is 15.7 Å². The van der Waals surface area contributed by atoms with E-state index in [9.17, 15) is 0 Å². The summed E-state index contributed by atoms with van der Waals surface area (Å²) in [7, 11) is 0. The first-order valence-corrected chi connectivity index (χ1v) is 7.79. The van der Waals surface area contributed by atoms with Gasteiger partial charge in [-0.25, -0.2) is 0 Å². The number of hydrogen-bond acceptors (Lipinski definition) is 3. The summed E-state index contributed by atoms with van der Waals surface area (Å²) in [5, 5.41) is 6.40. The maximum atomic E-state index is 6.06. The second kappa shape index (κ2) is 4.65. The van der Waals surface area contributed by atoms with Gasteiger partial charge in [-0.05, 0) is 46.0 Å². The minimum absolute atomic E-state index is 0.141. The first kappa shape index (κ1) is 11.6. The molecule has 0 N–H and O–H groups in total. The molecule has 0 saturated carbocycles. The van der Waals surface area contributed by atoms with E-state index in [2.05, 4.69) is 29.0 Å². The second-order valence-electron chi connectivity index (χ2n) is 3.75. The van der Waals surface area contributed by atoms with Crippen LogP contribution in [-0.4, -0.2) is 0 Å². The molecule has 3 rings (SSSR count). The Labute approximate surface area is 118 Å². The summed E-state index contributed by atoms with van der Waals surface area (Å²) in [4.78, 5) is 1.27. The molecule has 0 spiro atoms. The lowest BCUT2D eigenvalue weighted by molar-refractivity contribution is 1.25. The van der Waals surface area contributed by atoms with Crippen LogP contribution >= 0.6 is 46.9 Å². The standard InChI is InChI=1S/C13H9ClS3/c14-8-3-4-11-9(6-8)10(7-17-11)13(15)12-2-1-5-16-12/h1-7,13,15H. The fourth-order valence-electron chi connectivity index (χ4n) is 1.83. The predicted molar refractivity (Wildman–Crippen MR) is 82.0 cm³/mol. The number of hydrogen-bond donors (Lipinski definition) is 1. The number of halogens is 1. The molecule has 0 bridgehead atoms. The van der Waals surface area contributed by atoms with Crippen molar-refractivity contribution in [2.75, 3.05) is 0 Å². The van der Waals surface area contributed by atoms with Crippen LogP contribution in [0.3, 0.4) is 0 Å². The van der Waals surface area contributed by atoms with E-state index < -0.39 is 0 Å². The Bertz CT molecular complexity index is 640. The fourth-order valence-corrected chi connectivity index (χ4v) is 4.28. The minimum atomic E-state index is 0.141. The molecule has 0 nitrogen and oxygen atoms in total. The first-order valence-electron chi connectivity index (χ1n) is 5.14. The van der Waals surface area contributed by atoms with E-state index in [1.54, 1.807) is 22.7 Å². The molecule has 17 heavy (non-hydrogen) atoms. The highest BCUT2D eigenvalue weighted by molar-refractivity contribution is 7.81. The van der Waals surface area contributed by atoms with E-state index in [0.29, 0.717) is 0 Å². The van der Waals surface area contributed by atoms with Gasteiger partial charge in [0, 0.05) is 14.6 Å². The van der Waals surface area contributed by atoms with Gasteiger partial charge in [0.2, 0.25) is 0 Å². The van der Waals surface area contributed by atoms with Gasteiger partial charge in [0.25, 0.3) is 0 Å². The van der Waals surface area contributed by atoms with Gasteiger partial charge >= 0.3 is 0 Å². The van der Waals surface area contributed by atoms with Gasteiger partial charge in [-0.2, -0.15) is 12.6 Å². The fraction of sp³-hybridized carbons (Fsp3) is 0.0769. The highest BCUT2D eigenvalue weighted by atomic mass is 35.5. The van der Waals surface area contributed by atoms with Crippen molar-refractivity contribution in [3.63, 3.8) is 0 Å². The molecule has 86 valence electrons. The Morgan fingerprint density at radius 3 is 2.82 bits per heavy atom. The van der Waals surface area contributed by atoms with Crippen LogP contribution in [0.25, 0.3) is 10.1 Å². The van der Waals surface area contributed by atoms with Crippen molar-refractivity contribution in [3.8, 4) is 0 Å². The molecule has 4 heteroatoms. The molecular formula is C13H9ClS3. The summed E-state index contributed by atoms with van der Waals surface area (Å²) in [5.74, 6) is 0. The van der Waals surface area contributed by atoms with Crippen LogP contribution in [0, 0.1) is 0 Å². The van der Waals surface area contributed by atoms with Crippen LogP contribution in [0.15, 0.2) is 41.1 Å². The summed E-state index contributed by atoms with van der Waals surface area (Å²) >= 11 is 14.3. The van der Waals surface area contributed by atoms with Crippen LogP contribution in [0.2, 0.25) is 5.02 Å². The molecule has 0 aliphatic carbocycles. The van der Waals surface area contributed by atoms with Crippen molar-refractivity contribution >= 4 is 57.0 Å². The topological polar surface area (TPSA) is 0 Å². The van der Waals surface area contributed by atoms with Gasteiger partial charge in [0.05, 0.1) is 5.25 Å². The van der Waals surface area contributed by atoms with Gasteiger partial charge in [0.1, 0.15) is 0 Å². The predicted octanol–water partition coefficient (Wildman–Crippen LogP) is 5.64. The Morgan fingerprint density at radius 1 is 1.18 bits per heavy atom. The van der Waals surface area contributed by atoms with Crippen LogP contribution in [0.4, 0.5) is 0 Å². The van der Waals surface area contributed by atoms with E-state index in [-0.39, 0.29) is 5.25 Å². The summed E-state index contributed by atoms with van der Waals surface area (Å²) in [6, 6.07) is 10.2. The minimum Gasteiger partial charge on any atom is -0.165 e. The molecule has 1 unspecified atom stereocenters. The summed E-state index contributed by atoms with van der Waals surface area (Å²) in [6.07, 6.45) is 0. The number of thiol groups is 1. The maximum Gasteiger partial charge on any atom is 0.0624 e. The Morgan fingerprint density at radius 2 is 2.06 bits per heavy atom. The second-order valence-corrected chi connectivity index (χ2v) is 6.59. The van der Waals surface area contributed by atoms with Gasteiger partial charge < -0.3 is 0 Å². The lowest BCUT2D eigenvalue weighted by atomic mass is 10.1. The van der Waals surface area contributed by atoms with Crippen molar-refractivity contribution < 1.29 is 0 Å². The van der Waals surface area contributed by atoms with E-state index in [4.69, 9.17) is 24.2 Å². The number of rotatable bonds is 2. The average molecular weight is 297 g/mol. The van der Waals surface area contributed by atoms with Crippen molar-refractivity contribution in [1.29, 1.82) is 0 Å². The van der Waals surface area contributed by atoms with Gasteiger partial charge in [-0.3, -0.25) is 0 Å². The Balaban J connectivity index is 2.14. The normalized spacial score (nSPS) is 13.1. The average Bonchev–Trinajstić information content (AvgIpc) is 2.97. The van der Waals surface area contributed by atoms with Crippen molar-refractivity contribution in [2.45, 2.75) is 5.25 Å². The molecule has 2 aromatic heterocycles. The highest BCUT2D eigenvalue weighted by Crippen LogP contribution is 2.39. The Hall–Kier alpha value is -0.480. The molecule has 1 atom stereocenters. The molecule has 1 aromatic carbocycles. The van der Waals surface area contributed by atoms with Crippen LogP contribution in [0.5, 0.6) is 0 Å². The monoisotopic (exact) mass is 296 g/mol. The molecule has 2 heterocycles. The van der Waals surface area contributed by atoms with Crippen LogP contribution < -0.4 is 0 Å². The quantitative estimate of drug-likeness (QED) is 0.582. The number of fused-ring (bicyclic) bond motifs is 1. The summed E-state index contributed by atoms with van der Waals surface area (Å²) in [6.45, 7) is 0. The van der Waals surface area contributed by atoms with Crippen LogP contribution in [-0.2, 0) is 0 Å². The largest absolute Gasteiger partial charge is 0.165 e. The smallest absolute Gasteiger partial charge is 0.0624 e. The molecule has 0 aliphatic heterocycles. The summed E-state index contributed by atoms with van der Waals surface area (Å²) in [5.41, 5.74) is 1.25. The van der Waals surface area contributed by atoms with Gasteiger partial charge in [-0.15, -0.1) is 22.7 Å². The zero-order valence-corrected chi connectivity index (χ0v) is 12.0. The first-order chi connectivity index (χ1) is 8.25. The number of benzene rings is 1. The molecular weight excluding hydrogens is 288 g/mol. The van der Waals surface area contributed by atoms with E-state index in [0.717, 1.165) is 5.02 Å². The maximum absolute atomic E-state index is 6.06. The van der Waals surface area contributed by atoms with E-state index in [1.165, 1.54) is 20.5 Å². The van der Waals surface area contributed by atoms with Crippen molar-refractivity contribution in [3.05, 3.63) is 56.6 Å². The molecule has 0 saturated heterocycles. The molecule has 0 amide bonds. The van der Waals surface area contributed by atoms with Gasteiger partial charge in [0.15, 0.2) is 0 Å². The van der Waals surface area contributed by atoms with E-state index in [1.807, 2.05) is 12.1 Å². The molecule has 3 aromatic rings. The lowest BCUT2D eigenvalue weighted by Gasteiger charge is -2.07. The third-order valence-corrected chi connectivity index (χ3v) is 5.56. The molecule has 0 fully saturated rings. The van der Waals surface area contributed by atoms with Crippen molar-refractivity contribution in [1.82, 2.24) is 0 Å². The zero-order chi connectivity index (χ0) is 11.8.